The Morgan fingerprint density at radius 3 is 2.45 bits per heavy atom. The van der Waals surface area contributed by atoms with Gasteiger partial charge in [0.1, 0.15) is 6.10 Å². The molecule has 2 aromatic carbocycles. The molecule has 1 amide bonds. The zero-order valence-electron chi connectivity index (χ0n) is 28.5. The summed E-state index contributed by atoms with van der Waals surface area (Å²) in [5, 5.41) is 10.1. The molecule has 3 fully saturated rings. The number of amides is 1. The number of aliphatic hydroxyl groups is 1. The van der Waals surface area contributed by atoms with E-state index in [4.69, 9.17) is 9.47 Å². The minimum absolute atomic E-state index is 0.00406. The van der Waals surface area contributed by atoms with Crippen LogP contribution in [0.2, 0.25) is 0 Å². The molecule has 3 aliphatic carbocycles. The van der Waals surface area contributed by atoms with Gasteiger partial charge in [-0.25, -0.2) is 0 Å². The highest BCUT2D eigenvalue weighted by Gasteiger charge is 2.66. The molecule has 7 heteroatoms. The Hall–Kier alpha value is -2.90. The van der Waals surface area contributed by atoms with Gasteiger partial charge in [0.25, 0.3) is 0 Å². The first kappa shape index (κ1) is 32.6. The summed E-state index contributed by atoms with van der Waals surface area (Å²) in [4.78, 5) is 30.4. The van der Waals surface area contributed by atoms with Gasteiger partial charge in [-0.1, -0.05) is 74.9 Å². The molecule has 254 valence electrons. The smallest absolute Gasteiger partial charge is 0.308 e. The summed E-state index contributed by atoms with van der Waals surface area (Å²) < 4.78 is 12.6. The molecule has 0 radical (unpaired) electrons. The van der Waals surface area contributed by atoms with Crippen LogP contribution in [0.25, 0.3) is 0 Å². The lowest BCUT2D eigenvalue weighted by Gasteiger charge is -2.60. The van der Waals surface area contributed by atoms with Crippen molar-refractivity contribution in [2.24, 2.45) is 11.8 Å². The number of hydrogen-bond acceptors (Lipinski definition) is 6. The lowest BCUT2D eigenvalue weighted by molar-refractivity contribution is -0.140. The van der Waals surface area contributed by atoms with Crippen molar-refractivity contribution < 1.29 is 24.2 Å². The van der Waals surface area contributed by atoms with Crippen LogP contribution >= 0.6 is 0 Å². The van der Waals surface area contributed by atoms with Crippen molar-refractivity contribution in [3.63, 3.8) is 0 Å². The standard InChI is InChI=1S/C40H54N2O5/c1-27(43)46-35-21-18-29-24-33-31-19-20-32(39-40(31,37(29)38(35)47-39)22-23-42(33)26-30-25-34(30)44)41(2)36(45)17-13-8-6-4-3-5-7-10-14-28-15-11-9-12-16-28/h9,11-12,15-16,18,21,30-34,39,44H,3-8,10,13-14,17,19-20,22-26H2,1-2H3/t30?,31-,32-,33+,34?,39-,40-/m0/s1. The molecule has 1 saturated heterocycles. The average molecular weight is 643 g/mol. The molecule has 0 aromatic heterocycles. The highest BCUT2D eigenvalue weighted by atomic mass is 16.6. The van der Waals surface area contributed by atoms with Gasteiger partial charge in [-0.15, -0.1) is 0 Å². The van der Waals surface area contributed by atoms with Crippen LogP contribution < -0.4 is 9.47 Å². The first-order valence-electron chi connectivity index (χ1n) is 18.6. The Balaban J connectivity index is 0.951. The number of rotatable bonds is 15. The summed E-state index contributed by atoms with van der Waals surface area (Å²) in [6.07, 6.45) is 15.9. The van der Waals surface area contributed by atoms with Crippen molar-refractivity contribution in [1.29, 1.82) is 0 Å². The SMILES string of the molecule is CC(=O)Oc1ccc2c3c1O[C@H]1[C@@H](N(C)C(=O)CCCCCCCCCCc4ccccc4)CC[C@H]4[C@@H](C2)N(CC2CC2O)CC[C@@]341. The van der Waals surface area contributed by atoms with E-state index < -0.39 is 0 Å². The third-order valence-electron chi connectivity index (χ3n) is 12.3. The van der Waals surface area contributed by atoms with Crippen molar-refractivity contribution in [2.45, 2.75) is 133 Å². The van der Waals surface area contributed by atoms with Gasteiger partial charge in [0, 0.05) is 49.9 Å². The molecule has 1 N–H and O–H groups in total. The fourth-order valence-corrected chi connectivity index (χ4v) is 9.85. The van der Waals surface area contributed by atoms with E-state index in [0.29, 0.717) is 30.0 Å². The van der Waals surface area contributed by atoms with E-state index in [1.165, 1.54) is 68.6 Å². The second-order valence-electron chi connectivity index (χ2n) is 15.2. The quantitative estimate of drug-likeness (QED) is 0.134. The Labute approximate surface area is 281 Å². The molecule has 7 atom stereocenters. The van der Waals surface area contributed by atoms with Gasteiger partial charge >= 0.3 is 5.97 Å². The number of aliphatic hydroxyl groups excluding tert-OH is 1. The lowest BCUT2D eigenvalue weighted by atomic mass is 9.51. The average Bonchev–Trinajstić information content (AvgIpc) is 3.65. The maximum Gasteiger partial charge on any atom is 0.308 e. The number of benzene rings is 2. The van der Waals surface area contributed by atoms with E-state index >= 15 is 0 Å². The molecular weight excluding hydrogens is 588 g/mol. The normalized spacial score (nSPS) is 29.9. The molecule has 2 aliphatic heterocycles. The van der Waals surface area contributed by atoms with Gasteiger partial charge in [0.15, 0.2) is 11.5 Å². The molecule has 7 rings (SSSR count). The van der Waals surface area contributed by atoms with Crippen LogP contribution in [0.3, 0.4) is 0 Å². The zero-order valence-corrected chi connectivity index (χ0v) is 28.5. The first-order valence-corrected chi connectivity index (χ1v) is 18.6. The van der Waals surface area contributed by atoms with E-state index in [1.807, 2.05) is 18.0 Å². The molecule has 47 heavy (non-hydrogen) atoms. The Kier molecular flexibility index (Phi) is 9.66. The highest BCUT2D eigenvalue weighted by molar-refractivity contribution is 5.77. The van der Waals surface area contributed by atoms with Crippen LogP contribution in [0, 0.1) is 11.8 Å². The van der Waals surface area contributed by atoms with Gasteiger partial charge in [-0.2, -0.15) is 0 Å². The minimum atomic E-state index is -0.341. The third-order valence-corrected chi connectivity index (χ3v) is 12.3. The largest absolute Gasteiger partial charge is 0.483 e. The zero-order chi connectivity index (χ0) is 32.5. The number of nitrogens with zero attached hydrogens (tertiary/aromatic N) is 2. The van der Waals surface area contributed by atoms with Crippen LogP contribution in [0.1, 0.15) is 107 Å². The predicted molar refractivity (Wildman–Crippen MR) is 183 cm³/mol. The number of hydrogen-bond donors (Lipinski definition) is 1. The summed E-state index contributed by atoms with van der Waals surface area (Å²) in [5.41, 5.74) is 3.81. The maximum absolute atomic E-state index is 13.7. The van der Waals surface area contributed by atoms with Gasteiger partial charge in [-0.05, 0) is 81.0 Å². The first-order chi connectivity index (χ1) is 22.9. The van der Waals surface area contributed by atoms with Crippen molar-refractivity contribution in [3.05, 3.63) is 59.2 Å². The van der Waals surface area contributed by atoms with Crippen molar-refractivity contribution in [3.8, 4) is 11.5 Å². The number of carbonyl (C=O) groups excluding carboxylic acids is 2. The van der Waals surface area contributed by atoms with E-state index in [1.54, 1.807) is 0 Å². The Morgan fingerprint density at radius 2 is 1.72 bits per heavy atom. The second kappa shape index (κ2) is 13.9. The monoisotopic (exact) mass is 642 g/mol. The maximum atomic E-state index is 13.7. The Morgan fingerprint density at radius 1 is 1.00 bits per heavy atom. The number of likely N-dealkylation sites (N-methyl/N-ethyl adjacent to an activating group) is 1. The fraction of sp³-hybridized carbons (Fsp3) is 0.650. The molecule has 2 bridgehead atoms. The van der Waals surface area contributed by atoms with Gasteiger partial charge < -0.3 is 19.5 Å². The van der Waals surface area contributed by atoms with Crippen LogP contribution in [-0.4, -0.2) is 71.2 Å². The van der Waals surface area contributed by atoms with Gasteiger partial charge in [0.2, 0.25) is 5.91 Å². The molecular formula is C40H54N2O5. The number of esters is 1. The second-order valence-corrected chi connectivity index (χ2v) is 15.2. The van der Waals surface area contributed by atoms with Crippen molar-refractivity contribution in [2.75, 3.05) is 20.1 Å². The van der Waals surface area contributed by atoms with Crippen LogP contribution in [0.5, 0.6) is 11.5 Å². The van der Waals surface area contributed by atoms with Crippen molar-refractivity contribution >= 4 is 11.9 Å². The van der Waals surface area contributed by atoms with Gasteiger partial charge in [0.05, 0.1) is 12.1 Å². The Bertz CT molecular complexity index is 1430. The summed E-state index contributed by atoms with van der Waals surface area (Å²) in [5.74, 6) is 1.96. The van der Waals surface area contributed by atoms with E-state index in [-0.39, 0.29) is 35.5 Å². The summed E-state index contributed by atoms with van der Waals surface area (Å²) in [6.45, 7) is 3.38. The number of piperidine rings is 1. The molecule has 2 aromatic rings. The molecule has 1 spiro atoms. The lowest BCUT2D eigenvalue weighted by Crippen LogP contribution is -2.69. The van der Waals surface area contributed by atoms with E-state index in [2.05, 4.69) is 41.3 Å². The van der Waals surface area contributed by atoms with Crippen LogP contribution in [0.4, 0.5) is 0 Å². The van der Waals surface area contributed by atoms with E-state index in [9.17, 15) is 14.7 Å². The molecule has 2 unspecified atom stereocenters. The highest BCUT2D eigenvalue weighted by Crippen LogP contribution is 2.64. The van der Waals surface area contributed by atoms with E-state index in [0.717, 1.165) is 63.8 Å². The number of unbranched alkanes of at least 4 members (excludes halogenated alkanes) is 7. The van der Waals surface area contributed by atoms with Gasteiger partial charge in [-0.3, -0.25) is 14.5 Å². The minimum Gasteiger partial charge on any atom is -0.483 e. The van der Waals surface area contributed by atoms with Crippen LogP contribution in [0.15, 0.2) is 42.5 Å². The molecule has 5 aliphatic rings. The summed E-state index contributed by atoms with van der Waals surface area (Å²) >= 11 is 0. The topological polar surface area (TPSA) is 79.3 Å². The van der Waals surface area contributed by atoms with Crippen molar-refractivity contribution in [1.82, 2.24) is 9.80 Å². The fourth-order valence-electron chi connectivity index (χ4n) is 9.85. The number of aryl methyl sites for hydroxylation is 1. The number of ether oxygens (including phenoxy) is 2. The molecule has 2 heterocycles. The predicted octanol–water partition coefficient (Wildman–Crippen LogP) is 6.61. The molecule has 2 saturated carbocycles. The van der Waals surface area contributed by atoms with Crippen LogP contribution in [-0.2, 0) is 27.8 Å². The number of carbonyl (C=O) groups is 2. The number of likely N-dealkylation sites (tertiary alicyclic amines) is 1. The molecule has 7 nitrogen and oxygen atoms in total. The third kappa shape index (κ3) is 6.47. The summed E-state index contributed by atoms with van der Waals surface area (Å²) in [7, 11) is 1.99. The summed E-state index contributed by atoms with van der Waals surface area (Å²) in [6, 6.07) is 15.2.